The highest BCUT2D eigenvalue weighted by molar-refractivity contribution is 5.49. The second-order valence-electron chi connectivity index (χ2n) is 5.30. The van der Waals surface area contributed by atoms with Crippen molar-refractivity contribution in [3.05, 3.63) is 65.2 Å². The van der Waals surface area contributed by atoms with Gasteiger partial charge in [0.2, 0.25) is 0 Å². The Hall–Kier alpha value is -2.27. The van der Waals surface area contributed by atoms with Crippen LogP contribution in [0.3, 0.4) is 0 Å². The Balaban J connectivity index is 2.12. The summed E-state index contributed by atoms with van der Waals surface area (Å²) >= 11 is 0. The van der Waals surface area contributed by atoms with E-state index in [-0.39, 0.29) is 5.41 Å². The molecule has 0 saturated carbocycles. The van der Waals surface area contributed by atoms with Crippen LogP contribution in [0.2, 0.25) is 0 Å². The number of aryl methyl sites for hydroxylation is 1. The highest BCUT2D eigenvalue weighted by Gasteiger charge is 2.39. The van der Waals surface area contributed by atoms with E-state index in [0.717, 1.165) is 18.6 Å². The summed E-state index contributed by atoms with van der Waals surface area (Å²) in [4.78, 5) is 0. The molecule has 2 nitrogen and oxygen atoms in total. The van der Waals surface area contributed by atoms with Crippen molar-refractivity contribution >= 4 is 0 Å². The van der Waals surface area contributed by atoms with E-state index in [4.69, 9.17) is 4.74 Å². The Labute approximate surface area is 119 Å². The van der Waals surface area contributed by atoms with Gasteiger partial charge >= 0.3 is 0 Å². The van der Waals surface area contributed by atoms with E-state index in [9.17, 15) is 5.26 Å². The van der Waals surface area contributed by atoms with Gasteiger partial charge in [-0.15, -0.1) is 0 Å². The summed E-state index contributed by atoms with van der Waals surface area (Å²) in [7, 11) is 1.67. The van der Waals surface area contributed by atoms with Gasteiger partial charge in [-0.2, -0.15) is 5.26 Å². The van der Waals surface area contributed by atoms with Crippen molar-refractivity contribution in [1.29, 1.82) is 5.26 Å². The molecule has 2 aromatic carbocycles. The van der Waals surface area contributed by atoms with Crippen molar-refractivity contribution in [3.63, 3.8) is 0 Å². The van der Waals surface area contributed by atoms with E-state index < -0.39 is 0 Å². The van der Waals surface area contributed by atoms with Gasteiger partial charge in [0, 0.05) is 11.8 Å². The molecule has 0 saturated heterocycles. The van der Waals surface area contributed by atoms with Crippen LogP contribution in [-0.2, 0) is 11.8 Å². The van der Waals surface area contributed by atoms with Crippen LogP contribution in [-0.4, -0.2) is 7.11 Å². The van der Waals surface area contributed by atoms with Crippen LogP contribution in [0.1, 0.15) is 29.5 Å². The van der Waals surface area contributed by atoms with Crippen LogP contribution in [0.4, 0.5) is 0 Å². The lowest BCUT2D eigenvalue weighted by Crippen LogP contribution is -2.24. The molecule has 0 unspecified atom stereocenters. The molecular formula is C18H17NO. The van der Waals surface area contributed by atoms with E-state index in [2.05, 4.69) is 42.5 Å². The minimum atomic E-state index is -0.155. The monoisotopic (exact) mass is 263 g/mol. The minimum Gasteiger partial charge on any atom is -0.497 e. The van der Waals surface area contributed by atoms with Gasteiger partial charge in [-0.25, -0.2) is 0 Å². The number of rotatable bonds is 3. The summed E-state index contributed by atoms with van der Waals surface area (Å²) < 4.78 is 5.23. The molecule has 100 valence electrons. The zero-order chi connectivity index (χ0) is 14.0. The molecule has 0 fully saturated rings. The number of ether oxygens (including phenoxy) is 1. The number of nitriles is 1. The molecule has 0 bridgehead atoms. The lowest BCUT2D eigenvalue weighted by atomic mass is 9.73. The van der Waals surface area contributed by atoms with Gasteiger partial charge in [-0.1, -0.05) is 36.4 Å². The molecule has 2 heteroatoms. The van der Waals surface area contributed by atoms with Gasteiger partial charge in [-0.05, 0) is 41.7 Å². The number of nitrogens with zero attached hydrogens (tertiary/aromatic N) is 1. The lowest BCUT2D eigenvalue weighted by Gasteiger charge is -2.28. The molecule has 1 atom stereocenters. The van der Waals surface area contributed by atoms with Crippen LogP contribution in [0.5, 0.6) is 5.75 Å². The molecule has 0 N–H and O–H groups in total. The fraction of sp³-hybridized carbons (Fsp3) is 0.278. The normalized spacial score (nSPS) is 20.2. The van der Waals surface area contributed by atoms with Crippen LogP contribution in [0.15, 0.2) is 48.5 Å². The molecule has 1 aliphatic carbocycles. The van der Waals surface area contributed by atoms with E-state index in [1.165, 1.54) is 16.7 Å². The van der Waals surface area contributed by atoms with Crippen molar-refractivity contribution in [2.24, 2.45) is 0 Å². The fourth-order valence-electron chi connectivity index (χ4n) is 3.32. The highest BCUT2D eigenvalue weighted by Crippen LogP contribution is 2.46. The van der Waals surface area contributed by atoms with E-state index in [1.54, 1.807) is 7.11 Å². The Bertz CT molecular complexity index is 654. The molecule has 0 aromatic heterocycles. The zero-order valence-corrected chi connectivity index (χ0v) is 11.6. The summed E-state index contributed by atoms with van der Waals surface area (Å²) in [6, 6.07) is 19.0. The number of fused-ring (bicyclic) bond motifs is 1. The van der Waals surface area contributed by atoms with Gasteiger partial charge in [-0.3, -0.25) is 0 Å². The van der Waals surface area contributed by atoms with E-state index in [1.807, 2.05) is 12.1 Å². The maximum atomic E-state index is 9.30. The quantitative estimate of drug-likeness (QED) is 0.843. The van der Waals surface area contributed by atoms with Gasteiger partial charge in [0.1, 0.15) is 5.75 Å². The molecule has 3 rings (SSSR count). The molecule has 0 amide bonds. The molecular weight excluding hydrogens is 246 g/mol. The van der Waals surface area contributed by atoms with Crippen LogP contribution in [0, 0.1) is 11.3 Å². The van der Waals surface area contributed by atoms with Gasteiger partial charge in [0.15, 0.2) is 0 Å². The largest absolute Gasteiger partial charge is 0.497 e. The Kier molecular flexibility index (Phi) is 3.20. The summed E-state index contributed by atoms with van der Waals surface area (Å²) in [5, 5.41) is 9.30. The van der Waals surface area contributed by atoms with E-state index >= 15 is 0 Å². The van der Waals surface area contributed by atoms with E-state index in [0.29, 0.717) is 6.42 Å². The first-order valence-corrected chi connectivity index (χ1v) is 6.90. The van der Waals surface area contributed by atoms with Crippen LogP contribution < -0.4 is 4.74 Å². The second kappa shape index (κ2) is 5.02. The third-order valence-corrected chi connectivity index (χ3v) is 4.38. The van der Waals surface area contributed by atoms with Crippen molar-refractivity contribution in [2.75, 3.05) is 7.11 Å². The second-order valence-corrected chi connectivity index (χ2v) is 5.30. The van der Waals surface area contributed by atoms with Crippen molar-refractivity contribution in [2.45, 2.75) is 24.7 Å². The number of hydrogen-bond acceptors (Lipinski definition) is 2. The summed E-state index contributed by atoms with van der Waals surface area (Å²) in [6.07, 6.45) is 2.58. The SMILES string of the molecule is COc1ccc([C@]2(CC#N)CCc3ccccc32)cc1. The first-order valence-electron chi connectivity index (χ1n) is 6.90. The molecule has 1 aliphatic rings. The number of methoxy groups -OCH3 is 1. The summed E-state index contributed by atoms with van der Waals surface area (Å²) in [5.41, 5.74) is 3.74. The van der Waals surface area contributed by atoms with Gasteiger partial charge in [0.05, 0.1) is 13.2 Å². The third kappa shape index (κ3) is 1.87. The molecule has 0 aliphatic heterocycles. The third-order valence-electron chi connectivity index (χ3n) is 4.38. The first-order chi connectivity index (χ1) is 9.80. The van der Waals surface area contributed by atoms with Crippen molar-refractivity contribution in [3.8, 4) is 11.8 Å². The topological polar surface area (TPSA) is 33.0 Å². The Morgan fingerprint density at radius 3 is 2.60 bits per heavy atom. The standard InChI is InChI=1S/C18H17NO/c1-20-16-8-6-15(7-9-16)18(12-13-19)11-10-14-4-2-3-5-17(14)18/h2-9H,10-12H2,1H3/t18-/m1/s1. The summed E-state index contributed by atoms with van der Waals surface area (Å²) in [5.74, 6) is 0.854. The predicted molar refractivity (Wildman–Crippen MR) is 78.8 cm³/mol. The average Bonchev–Trinajstić information content (AvgIpc) is 2.88. The maximum absolute atomic E-state index is 9.30. The average molecular weight is 263 g/mol. The lowest BCUT2D eigenvalue weighted by molar-refractivity contribution is 0.414. The molecule has 20 heavy (non-hydrogen) atoms. The van der Waals surface area contributed by atoms with Gasteiger partial charge in [0.25, 0.3) is 0 Å². The Morgan fingerprint density at radius 2 is 1.90 bits per heavy atom. The molecule has 2 aromatic rings. The fourth-order valence-corrected chi connectivity index (χ4v) is 3.32. The predicted octanol–water partition coefficient (Wildman–Crippen LogP) is 3.84. The van der Waals surface area contributed by atoms with Crippen LogP contribution in [0.25, 0.3) is 0 Å². The highest BCUT2D eigenvalue weighted by atomic mass is 16.5. The number of hydrogen-bond donors (Lipinski definition) is 0. The Morgan fingerprint density at radius 1 is 1.15 bits per heavy atom. The molecule has 0 spiro atoms. The van der Waals surface area contributed by atoms with Crippen molar-refractivity contribution in [1.82, 2.24) is 0 Å². The smallest absolute Gasteiger partial charge is 0.118 e. The van der Waals surface area contributed by atoms with Crippen molar-refractivity contribution < 1.29 is 4.74 Å². The van der Waals surface area contributed by atoms with Gasteiger partial charge < -0.3 is 4.74 Å². The molecule has 0 radical (unpaired) electrons. The minimum absolute atomic E-state index is 0.155. The number of benzene rings is 2. The van der Waals surface area contributed by atoms with Crippen LogP contribution >= 0.6 is 0 Å². The maximum Gasteiger partial charge on any atom is 0.118 e. The zero-order valence-electron chi connectivity index (χ0n) is 11.6. The summed E-state index contributed by atoms with van der Waals surface area (Å²) in [6.45, 7) is 0. The molecule has 0 heterocycles. The first kappa shape index (κ1) is 12.7.